The first-order valence-electron chi connectivity index (χ1n) is 27.2. The second kappa shape index (κ2) is 11.0. The summed E-state index contributed by atoms with van der Waals surface area (Å²) in [5.41, 5.74) is -9.70. The van der Waals surface area contributed by atoms with Crippen LogP contribution >= 0.6 is 11.8 Å². The SMILES string of the molecule is [2H]c1c([2H])c([2H])c(-c2cc(C([2H])([2H])[2H])cc(-c3c([2H])c([2H])c([2H])c([2H])c3[2H])c2B2c3c([2H])c([2H])c([2H])c([2H])c3Sc3c2c([2H])c2c(=O)c4c([2H])nc([2H])c5c(=O)c6c([2H])c([2H])c([2H])c([2H])c6n(c2c3[2H])c54)c([2H])c1[2H]. The number of pyridine rings is 3. The lowest BCUT2D eigenvalue weighted by Crippen LogP contribution is -2.56. The monoisotopic (exact) mass is 683 g/mol. The van der Waals surface area contributed by atoms with Crippen molar-refractivity contribution >= 4 is 73.0 Å². The van der Waals surface area contributed by atoms with E-state index >= 15 is 4.79 Å². The Balaban J connectivity index is 1.57. The summed E-state index contributed by atoms with van der Waals surface area (Å²) in [7, 11) is 0. The lowest BCUT2D eigenvalue weighted by Gasteiger charge is -2.30. The van der Waals surface area contributed by atoms with Crippen molar-refractivity contribution in [3.05, 3.63) is 171 Å². The van der Waals surface area contributed by atoms with Crippen LogP contribution in [0.1, 0.15) is 39.8 Å². The molecule has 234 valence electrons. The number of aromatic nitrogens is 2. The van der Waals surface area contributed by atoms with E-state index in [1.807, 2.05) is 0 Å². The van der Waals surface area contributed by atoms with Gasteiger partial charge in [0.15, 0.2) is 10.9 Å². The van der Waals surface area contributed by atoms with Gasteiger partial charge >= 0.3 is 0 Å². The molecular weight excluding hydrogens is 631 g/mol. The quantitative estimate of drug-likeness (QED) is 0.110. The highest BCUT2D eigenvalue weighted by Crippen LogP contribution is 2.36. The fourth-order valence-electron chi connectivity index (χ4n) is 6.51. The molecule has 1 aliphatic heterocycles. The van der Waals surface area contributed by atoms with Crippen molar-refractivity contribution in [3.63, 3.8) is 0 Å². The van der Waals surface area contributed by atoms with Crippen molar-refractivity contribution in [2.45, 2.75) is 16.6 Å². The van der Waals surface area contributed by atoms with Crippen molar-refractivity contribution in [2.75, 3.05) is 0 Å². The van der Waals surface area contributed by atoms with Crippen LogP contribution in [0.5, 0.6) is 0 Å². The van der Waals surface area contributed by atoms with Crippen molar-refractivity contribution in [1.82, 2.24) is 9.38 Å². The summed E-state index contributed by atoms with van der Waals surface area (Å²) in [6, 6.07) is -16.8. The molecule has 9 aromatic rings. The van der Waals surface area contributed by atoms with Crippen LogP contribution in [0, 0.1) is 6.85 Å². The van der Waals surface area contributed by atoms with E-state index in [2.05, 4.69) is 4.98 Å². The number of nitrogens with zero attached hydrogens (tertiary/aromatic N) is 2. The predicted molar refractivity (Wildman–Crippen MR) is 209 cm³/mol. The number of hydrogen-bond acceptors (Lipinski definition) is 4. The number of hydrogen-bond donors (Lipinski definition) is 0. The third kappa shape index (κ3) is 4.18. The second-order valence-electron chi connectivity index (χ2n) is 11.1. The average molecular weight is 684 g/mol. The van der Waals surface area contributed by atoms with Crippen molar-refractivity contribution < 1.29 is 34.3 Å². The Morgan fingerprint density at radius 1 is 0.640 bits per heavy atom. The maximum atomic E-state index is 15.3. The molecule has 50 heavy (non-hydrogen) atoms. The smallest absolute Gasteiger partial charge is 0.245 e. The van der Waals surface area contributed by atoms with Crippen molar-refractivity contribution in [2.24, 2.45) is 0 Å². The molecule has 0 aliphatic carbocycles. The molecule has 0 saturated carbocycles. The van der Waals surface area contributed by atoms with Crippen molar-refractivity contribution in [1.29, 1.82) is 0 Å². The Bertz CT molecular complexity index is 4210. The van der Waals surface area contributed by atoms with Crippen LogP contribution in [-0.4, -0.2) is 16.1 Å². The molecule has 0 bridgehead atoms. The maximum Gasteiger partial charge on any atom is 0.245 e. The van der Waals surface area contributed by atoms with Gasteiger partial charge < -0.3 is 4.40 Å². The molecule has 10 rings (SSSR count). The molecule has 0 radical (unpaired) electrons. The number of benzene rings is 6. The van der Waals surface area contributed by atoms with Crippen LogP contribution in [0.4, 0.5) is 0 Å². The normalized spacial score (nSPS) is 19.8. The van der Waals surface area contributed by atoms with Gasteiger partial charge in [0.1, 0.15) is 0 Å². The predicted octanol–water partition coefficient (Wildman–Crippen LogP) is 7.58. The fourth-order valence-corrected chi connectivity index (χ4v) is 7.53. The summed E-state index contributed by atoms with van der Waals surface area (Å²) in [5, 5.41) is -3.09. The zero-order valence-corrected chi connectivity index (χ0v) is 25.7. The van der Waals surface area contributed by atoms with Gasteiger partial charge in [0.25, 0.3) is 0 Å². The molecule has 4 heterocycles. The van der Waals surface area contributed by atoms with E-state index in [1.54, 1.807) is 0 Å². The Hall–Kier alpha value is -5.98. The van der Waals surface area contributed by atoms with Gasteiger partial charge in [0, 0.05) is 37.0 Å². The third-order valence-electron chi connectivity index (χ3n) is 8.50. The number of para-hydroxylation sites is 1. The van der Waals surface area contributed by atoms with E-state index in [4.69, 9.17) is 23.3 Å². The van der Waals surface area contributed by atoms with E-state index in [0.29, 0.717) is 11.8 Å². The minimum atomic E-state index is -3.21. The summed E-state index contributed by atoms with van der Waals surface area (Å²) in [6.07, 6.45) is -1.86. The highest BCUT2D eigenvalue weighted by Gasteiger charge is 2.36. The number of aryl methyl sites for hydroxylation is 1. The maximum absolute atomic E-state index is 15.3. The molecule has 3 aromatic heterocycles. The first-order chi connectivity index (χ1) is 34.9. The molecule has 0 fully saturated rings. The molecule has 0 spiro atoms. The lowest BCUT2D eigenvalue weighted by atomic mass is 9.34. The van der Waals surface area contributed by atoms with Crippen LogP contribution in [0.25, 0.3) is 60.3 Å². The minimum Gasteiger partial charge on any atom is -0.307 e. The topological polar surface area (TPSA) is 51.4 Å². The molecular formula is C44H27BN2O2S. The largest absolute Gasteiger partial charge is 0.307 e. The van der Waals surface area contributed by atoms with Gasteiger partial charge in [0.2, 0.25) is 6.71 Å². The fraction of sp³-hybridized carbons (Fsp3) is 0.0227. The van der Waals surface area contributed by atoms with Crippen molar-refractivity contribution in [3.8, 4) is 22.3 Å². The van der Waals surface area contributed by atoms with Crippen LogP contribution in [0.2, 0.25) is 0 Å². The zero-order chi connectivity index (χ0) is 55.2. The first kappa shape index (κ1) is 13.4. The van der Waals surface area contributed by atoms with Crippen LogP contribution in [0.15, 0.2) is 165 Å². The standard InChI is InChI=1S/C44H27BN2O2S/c1-26-20-30(27-12-4-2-5-13-27)41(31(21-26)28-14-6-3-7-15-28)45-35-17-9-11-19-39(35)50-40-23-38-32(22-36(40)45)44(49)34-25-46-24-33-42(34)47(38)37-18-10-8-16-29(37)43(33)48/h2-25H,1H3/i1D3,2D,3D,4D,5D,6D,7D,8D,9D,10D,11D,12D,13D,14D,15D,16D,17D,18D,19D,22D,23D,24D,25D. The Morgan fingerprint density at radius 2 is 1.26 bits per heavy atom. The van der Waals surface area contributed by atoms with Gasteiger partial charge in [-0.2, -0.15) is 0 Å². The number of fused-ring (bicyclic) bond motifs is 6. The number of rotatable bonds is 3. The van der Waals surface area contributed by atoms with E-state index in [-0.39, 0.29) is 0 Å². The zero-order valence-electron chi connectivity index (χ0n) is 49.9. The van der Waals surface area contributed by atoms with Crippen LogP contribution in [-0.2, 0) is 0 Å². The third-order valence-corrected chi connectivity index (χ3v) is 9.55. The Kier molecular flexibility index (Phi) is 2.95. The van der Waals surface area contributed by atoms with E-state index < -0.39 is 250 Å². The highest BCUT2D eigenvalue weighted by atomic mass is 32.2. The summed E-state index contributed by atoms with van der Waals surface area (Å²) >= 11 is 0.445. The minimum absolute atomic E-state index is 0.421. The van der Waals surface area contributed by atoms with E-state index in [9.17, 15) is 15.8 Å². The van der Waals surface area contributed by atoms with Crippen LogP contribution < -0.4 is 27.2 Å². The van der Waals surface area contributed by atoms with Gasteiger partial charge in [-0.1, -0.05) is 137 Å². The van der Waals surface area contributed by atoms with E-state index in [0.717, 1.165) is 16.5 Å². The molecule has 0 amide bonds. The van der Waals surface area contributed by atoms with Gasteiger partial charge in [-0.15, -0.1) is 0 Å². The molecule has 0 unspecified atom stereocenters. The lowest BCUT2D eigenvalue weighted by molar-refractivity contribution is 1.27. The summed E-state index contributed by atoms with van der Waals surface area (Å²) < 4.78 is 224. The molecule has 0 atom stereocenters. The van der Waals surface area contributed by atoms with Gasteiger partial charge in [0.05, 0.1) is 57.5 Å². The Morgan fingerprint density at radius 3 is 1.96 bits per heavy atom. The summed E-state index contributed by atoms with van der Waals surface area (Å²) in [6.45, 7) is -5.36. The first-order valence-corrected chi connectivity index (χ1v) is 15.5. The molecule has 0 N–H and O–H groups in total. The van der Waals surface area contributed by atoms with Gasteiger partial charge in [-0.3, -0.25) is 14.6 Å². The summed E-state index contributed by atoms with van der Waals surface area (Å²) in [4.78, 5) is 32.6. The average Bonchev–Trinajstić information content (AvgIpc) is 3.35. The van der Waals surface area contributed by atoms with Gasteiger partial charge in [-0.25, -0.2) is 0 Å². The molecule has 6 aromatic carbocycles. The second-order valence-corrected chi connectivity index (χ2v) is 12.2. The molecule has 6 heteroatoms. The Labute approximate surface area is 327 Å². The molecule has 4 nitrogen and oxygen atoms in total. The van der Waals surface area contributed by atoms with Crippen LogP contribution in [0.3, 0.4) is 0 Å². The molecule has 1 aliphatic rings. The van der Waals surface area contributed by atoms with Gasteiger partial charge in [-0.05, 0) is 58.8 Å². The highest BCUT2D eigenvalue weighted by molar-refractivity contribution is 8.00. The molecule has 0 saturated heterocycles. The van der Waals surface area contributed by atoms with E-state index in [1.165, 1.54) is 0 Å². The summed E-state index contributed by atoms with van der Waals surface area (Å²) in [5.74, 6) is 0.